The van der Waals surface area contributed by atoms with Crippen LogP contribution >= 0.6 is 0 Å². The fraction of sp³-hybridized carbons (Fsp3) is 0.600. The second kappa shape index (κ2) is 4.82. The first-order chi connectivity index (χ1) is 8.15. The molecule has 1 unspecified atom stereocenters. The van der Waals surface area contributed by atoms with Crippen molar-refractivity contribution in [2.24, 2.45) is 5.92 Å². The summed E-state index contributed by atoms with van der Waals surface area (Å²) in [5.41, 5.74) is -1.03. The zero-order chi connectivity index (χ0) is 12.4. The lowest BCUT2D eigenvalue weighted by Gasteiger charge is -2.14. The van der Waals surface area contributed by atoms with Crippen LogP contribution in [0.25, 0.3) is 0 Å². The fourth-order valence-corrected chi connectivity index (χ4v) is 2.00. The number of rotatable bonds is 3. The maximum Gasteiger partial charge on any atom is 0.330 e. The van der Waals surface area contributed by atoms with Crippen LogP contribution in [0, 0.1) is 5.92 Å². The highest BCUT2D eigenvalue weighted by Crippen LogP contribution is 2.31. The lowest BCUT2D eigenvalue weighted by Crippen LogP contribution is -2.31. The molecule has 0 aromatic carbocycles. The number of H-pyrrole nitrogens is 1. The third-order valence-electron chi connectivity index (χ3n) is 2.94. The molecule has 2 rings (SSSR count). The molecule has 1 fully saturated rings. The van der Waals surface area contributed by atoms with Gasteiger partial charge in [-0.1, -0.05) is 0 Å². The Labute approximate surface area is 96.3 Å². The highest BCUT2D eigenvalue weighted by Gasteiger charge is 2.35. The van der Waals surface area contributed by atoms with Crippen LogP contribution in [-0.4, -0.2) is 39.1 Å². The highest BCUT2D eigenvalue weighted by atomic mass is 16.5. The van der Waals surface area contributed by atoms with E-state index in [2.05, 4.69) is 4.98 Å². The number of hydrogen-bond donors (Lipinski definition) is 3. The third-order valence-corrected chi connectivity index (χ3v) is 2.94. The zero-order valence-electron chi connectivity index (χ0n) is 9.07. The Kier molecular flexibility index (Phi) is 3.41. The molecule has 1 aromatic heterocycles. The fourth-order valence-electron chi connectivity index (χ4n) is 2.00. The SMILES string of the molecule is O=c1ccn([C@H]2CC(CO)[C@@H](CO)O2)c(=O)[nH]1. The molecule has 3 N–H and O–H groups in total. The molecule has 1 saturated heterocycles. The summed E-state index contributed by atoms with van der Waals surface area (Å²) in [6.07, 6.45) is 0.728. The summed E-state index contributed by atoms with van der Waals surface area (Å²) in [6.45, 7) is -0.320. The molecule has 0 aliphatic carbocycles. The van der Waals surface area contributed by atoms with Crippen molar-refractivity contribution in [2.45, 2.75) is 18.8 Å². The highest BCUT2D eigenvalue weighted by molar-refractivity contribution is 4.88. The molecule has 94 valence electrons. The number of aliphatic hydroxyl groups is 2. The van der Waals surface area contributed by atoms with Gasteiger partial charge in [-0.25, -0.2) is 4.79 Å². The maximum atomic E-state index is 11.5. The van der Waals surface area contributed by atoms with E-state index >= 15 is 0 Å². The summed E-state index contributed by atoms with van der Waals surface area (Å²) >= 11 is 0. The molecule has 0 bridgehead atoms. The van der Waals surface area contributed by atoms with Crippen molar-refractivity contribution in [3.8, 4) is 0 Å². The van der Waals surface area contributed by atoms with Gasteiger partial charge in [0, 0.05) is 31.2 Å². The monoisotopic (exact) mass is 242 g/mol. The van der Waals surface area contributed by atoms with Crippen LogP contribution in [0.15, 0.2) is 21.9 Å². The third kappa shape index (κ3) is 2.31. The van der Waals surface area contributed by atoms with Gasteiger partial charge in [-0.05, 0) is 0 Å². The molecule has 0 radical (unpaired) electrons. The normalized spacial score (nSPS) is 28.5. The van der Waals surface area contributed by atoms with Gasteiger partial charge in [-0.15, -0.1) is 0 Å². The smallest absolute Gasteiger partial charge is 0.330 e. The number of aliphatic hydroxyl groups excluding tert-OH is 2. The van der Waals surface area contributed by atoms with E-state index in [1.807, 2.05) is 0 Å². The van der Waals surface area contributed by atoms with Crippen LogP contribution in [-0.2, 0) is 4.74 Å². The Morgan fingerprint density at radius 2 is 2.18 bits per heavy atom. The summed E-state index contributed by atoms with van der Waals surface area (Å²) < 4.78 is 6.70. The number of aromatic amines is 1. The first kappa shape index (κ1) is 12.0. The van der Waals surface area contributed by atoms with Gasteiger partial charge in [0.15, 0.2) is 0 Å². The van der Waals surface area contributed by atoms with Crippen LogP contribution in [0.1, 0.15) is 12.6 Å². The Hall–Kier alpha value is -1.44. The molecular weight excluding hydrogens is 228 g/mol. The van der Waals surface area contributed by atoms with Gasteiger partial charge in [0.2, 0.25) is 0 Å². The van der Waals surface area contributed by atoms with Gasteiger partial charge in [0.25, 0.3) is 5.56 Å². The van der Waals surface area contributed by atoms with E-state index in [4.69, 9.17) is 14.9 Å². The molecule has 17 heavy (non-hydrogen) atoms. The minimum atomic E-state index is -0.561. The average molecular weight is 242 g/mol. The minimum absolute atomic E-state index is 0.111. The second-order valence-corrected chi connectivity index (χ2v) is 4.01. The Morgan fingerprint density at radius 3 is 2.71 bits per heavy atom. The predicted molar refractivity (Wildman–Crippen MR) is 57.5 cm³/mol. The van der Waals surface area contributed by atoms with Crippen LogP contribution in [0.5, 0.6) is 0 Å². The molecular formula is C10H14N2O5. The Morgan fingerprint density at radius 1 is 1.41 bits per heavy atom. The van der Waals surface area contributed by atoms with Crippen molar-refractivity contribution in [3.05, 3.63) is 33.1 Å². The van der Waals surface area contributed by atoms with E-state index in [9.17, 15) is 9.59 Å². The van der Waals surface area contributed by atoms with Crippen molar-refractivity contribution in [3.63, 3.8) is 0 Å². The van der Waals surface area contributed by atoms with Gasteiger partial charge in [-0.2, -0.15) is 0 Å². The number of nitrogens with zero attached hydrogens (tertiary/aromatic N) is 1. The Bertz CT molecular complexity index is 482. The van der Waals surface area contributed by atoms with Gasteiger partial charge >= 0.3 is 5.69 Å². The second-order valence-electron chi connectivity index (χ2n) is 4.01. The quantitative estimate of drug-likeness (QED) is 0.593. The van der Waals surface area contributed by atoms with Crippen LogP contribution in [0.2, 0.25) is 0 Å². The molecule has 2 heterocycles. The van der Waals surface area contributed by atoms with Gasteiger partial charge < -0.3 is 14.9 Å². The average Bonchev–Trinajstić information content (AvgIpc) is 2.72. The number of ether oxygens (including phenoxy) is 1. The van der Waals surface area contributed by atoms with Crippen molar-refractivity contribution in [1.29, 1.82) is 0 Å². The molecule has 0 amide bonds. The van der Waals surface area contributed by atoms with Crippen LogP contribution in [0.4, 0.5) is 0 Å². The summed E-state index contributed by atoms with van der Waals surface area (Å²) in [4.78, 5) is 24.6. The summed E-state index contributed by atoms with van der Waals surface area (Å²) in [5, 5.41) is 18.2. The molecule has 1 aliphatic rings. The topological polar surface area (TPSA) is 105 Å². The van der Waals surface area contributed by atoms with Crippen LogP contribution in [0.3, 0.4) is 0 Å². The van der Waals surface area contributed by atoms with Crippen molar-refractivity contribution >= 4 is 0 Å². The lowest BCUT2D eigenvalue weighted by molar-refractivity contribution is -0.0366. The molecule has 1 aromatic rings. The standard InChI is InChI=1S/C10H14N2O5/c13-4-6-3-9(17-7(6)5-14)12-2-1-8(15)11-10(12)16/h1-2,6-7,9,13-14H,3-5H2,(H,11,15,16)/t6?,7-,9-/m1/s1. The Balaban J connectivity index is 2.25. The molecule has 0 spiro atoms. The van der Waals surface area contributed by atoms with E-state index < -0.39 is 23.6 Å². The number of aromatic nitrogens is 2. The van der Waals surface area contributed by atoms with Crippen molar-refractivity contribution in [1.82, 2.24) is 9.55 Å². The van der Waals surface area contributed by atoms with Gasteiger partial charge in [0.1, 0.15) is 6.23 Å². The lowest BCUT2D eigenvalue weighted by atomic mass is 10.0. The zero-order valence-corrected chi connectivity index (χ0v) is 9.07. The first-order valence-corrected chi connectivity index (χ1v) is 5.34. The van der Waals surface area contributed by atoms with Gasteiger partial charge in [-0.3, -0.25) is 14.3 Å². The van der Waals surface area contributed by atoms with E-state index in [0.29, 0.717) is 6.42 Å². The van der Waals surface area contributed by atoms with E-state index in [1.54, 1.807) is 0 Å². The van der Waals surface area contributed by atoms with Crippen molar-refractivity contribution in [2.75, 3.05) is 13.2 Å². The van der Waals surface area contributed by atoms with Crippen LogP contribution < -0.4 is 11.2 Å². The molecule has 0 saturated carbocycles. The molecule has 3 atom stereocenters. The molecule has 7 nitrogen and oxygen atoms in total. The van der Waals surface area contributed by atoms with E-state index in [1.165, 1.54) is 16.8 Å². The van der Waals surface area contributed by atoms with E-state index in [-0.39, 0.29) is 19.1 Å². The summed E-state index contributed by atoms with van der Waals surface area (Å²) in [5.74, 6) is -0.205. The largest absolute Gasteiger partial charge is 0.396 e. The van der Waals surface area contributed by atoms with Gasteiger partial charge in [0.05, 0.1) is 12.7 Å². The molecule has 7 heteroatoms. The predicted octanol–water partition coefficient (Wildman–Crippen LogP) is -1.58. The van der Waals surface area contributed by atoms with Crippen molar-refractivity contribution < 1.29 is 14.9 Å². The number of nitrogens with one attached hydrogen (secondary N) is 1. The van der Waals surface area contributed by atoms with E-state index in [0.717, 1.165) is 0 Å². The summed E-state index contributed by atoms with van der Waals surface area (Å²) in [7, 11) is 0. The number of hydrogen-bond acceptors (Lipinski definition) is 5. The first-order valence-electron chi connectivity index (χ1n) is 5.34. The minimum Gasteiger partial charge on any atom is -0.396 e. The maximum absolute atomic E-state index is 11.5. The summed E-state index contributed by atoms with van der Waals surface area (Å²) in [6, 6.07) is 1.23. The molecule has 1 aliphatic heterocycles.